The molecule has 1 aromatic carbocycles. The summed E-state index contributed by atoms with van der Waals surface area (Å²) in [5, 5.41) is 4.83. The van der Waals surface area contributed by atoms with Crippen LogP contribution in [0.3, 0.4) is 0 Å². The third-order valence-electron chi connectivity index (χ3n) is 3.52. The lowest BCUT2D eigenvalue weighted by molar-refractivity contribution is 0.804. The van der Waals surface area contributed by atoms with Crippen LogP contribution in [0.5, 0.6) is 0 Å². The number of aromatic nitrogens is 1. The van der Waals surface area contributed by atoms with E-state index in [1.807, 2.05) is 19.2 Å². The summed E-state index contributed by atoms with van der Waals surface area (Å²) in [5.41, 5.74) is 2.26. The molecule has 0 saturated carbocycles. The molecule has 0 aliphatic rings. The third kappa shape index (κ3) is 2.03. The van der Waals surface area contributed by atoms with Crippen molar-refractivity contribution in [3.8, 4) is 0 Å². The van der Waals surface area contributed by atoms with E-state index in [9.17, 15) is 0 Å². The van der Waals surface area contributed by atoms with Gasteiger partial charge in [0.05, 0.1) is 0 Å². The fraction of sp³-hybridized carbons (Fsp3) is 0.235. The summed E-state index contributed by atoms with van der Waals surface area (Å²) < 4.78 is 2.13. The molecule has 0 spiro atoms. The molecule has 0 fully saturated rings. The Balaban J connectivity index is 3.34. The Morgan fingerprint density at radius 2 is 2.05 bits per heavy atom. The van der Waals surface area contributed by atoms with Crippen molar-refractivity contribution in [3.63, 3.8) is 0 Å². The van der Waals surface area contributed by atoms with Crippen LogP contribution in [-0.2, 0) is 7.05 Å². The van der Waals surface area contributed by atoms with Crippen LogP contribution in [0.2, 0.25) is 0 Å². The average Bonchev–Trinajstić information content (AvgIpc) is 2.41. The Bertz CT molecular complexity index is 821. The van der Waals surface area contributed by atoms with Crippen LogP contribution >= 0.6 is 0 Å². The van der Waals surface area contributed by atoms with Crippen molar-refractivity contribution in [2.24, 2.45) is 12.0 Å². The van der Waals surface area contributed by atoms with E-state index in [2.05, 4.69) is 61.3 Å². The summed E-state index contributed by atoms with van der Waals surface area (Å²) in [6.07, 6.45) is 6.01. The van der Waals surface area contributed by atoms with E-state index in [1.165, 1.54) is 21.6 Å². The van der Waals surface area contributed by atoms with Crippen molar-refractivity contribution in [2.45, 2.75) is 13.8 Å². The Labute approximate surface area is 113 Å². The topological polar surface area (TPSA) is 17.3 Å². The van der Waals surface area contributed by atoms with Crippen molar-refractivity contribution in [1.29, 1.82) is 0 Å². The highest BCUT2D eigenvalue weighted by atomic mass is 15.0. The molecule has 0 aliphatic heterocycles. The van der Waals surface area contributed by atoms with E-state index in [0.29, 0.717) is 0 Å². The highest BCUT2D eigenvalue weighted by Gasteiger charge is 2.05. The normalized spacial score (nSPS) is 14.4. The standard InChI is InChI=1S/C17H20N2/c1-6-9-15-13(7-2)14-11-8-10-12(3)16(14)17(18-4)19(15)5/h6-11H,1H2,2-5H3/b13-7-,15-9+,18-17?. The first-order chi connectivity index (χ1) is 9.15. The number of fused-ring (bicyclic) bond motifs is 1. The van der Waals surface area contributed by atoms with E-state index in [0.717, 1.165) is 10.8 Å². The maximum atomic E-state index is 4.47. The fourth-order valence-corrected chi connectivity index (χ4v) is 2.67. The number of nitrogens with zero attached hydrogens (tertiary/aromatic N) is 2. The Morgan fingerprint density at radius 3 is 2.63 bits per heavy atom. The largest absolute Gasteiger partial charge is 0.329 e. The molecule has 19 heavy (non-hydrogen) atoms. The number of pyridine rings is 1. The minimum atomic E-state index is 1.01. The molecule has 0 atom stereocenters. The number of hydrogen-bond acceptors (Lipinski definition) is 1. The lowest BCUT2D eigenvalue weighted by Gasteiger charge is -2.10. The van der Waals surface area contributed by atoms with E-state index < -0.39 is 0 Å². The molecule has 0 bridgehead atoms. The molecule has 2 aromatic rings. The molecule has 0 unspecified atom stereocenters. The monoisotopic (exact) mass is 252 g/mol. The van der Waals surface area contributed by atoms with Crippen molar-refractivity contribution in [1.82, 2.24) is 4.57 Å². The fourth-order valence-electron chi connectivity index (χ4n) is 2.67. The average molecular weight is 252 g/mol. The summed E-state index contributed by atoms with van der Waals surface area (Å²) in [5.74, 6) is 0. The molecular formula is C17H20N2. The van der Waals surface area contributed by atoms with E-state index >= 15 is 0 Å². The van der Waals surface area contributed by atoms with Gasteiger partial charge in [0.15, 0.2) is 0 Å². The van der Waals surface area contributed by atoms with Gasteiger partial charge in [-0.1, -0.05) is 36.9 Å². The SMILES string of the molecule is C=C/C=c1\c(=C/C)c2cccc(C)c2c(=NC)n1C. The number of benzene rings is 1. The van der Waals surface area contributed by atoms with Gasteiger partial charge in [0.2, 0.25) is 0 Å². The smallest absolute Gasteiger partial charge is 0.135 e. The predicted molar refractivity (Wildman–Crippen MR) is 83.2 cm³/mol. The molecule has 0 radical (unpaired) electrons. The van der Waals surface area contributed by atoms with Crippen LogP contribution in [0, 0.1) is 6.92 Å². The minimum absolute atomic E-state index is 1.01. The number of allylic oxidation sites excluding steroid dienone is 1. The van der Waals surface area contributed by atoms with Crippen LogP contribution in [0.1, 0.15) is 12.5 Å². The second-order valence-corrected chi connectivity index (χ2v) is 4.59. The zero-order valence-corrected chi connectivity index (χ0v) is 12.1. The number of rotatable bonds is 1. The van der Waals surface area contributed by atoms with E-state index in [4.69, 9.17) is 0 Å². The Kier molecular flexibility index (Phi) is 3.70. The van der Waals surface area contributed by atoms with Crippen LogP contribution in [0.25, 0.3) is 22.9 Å². The maximum Gasteiger partial charge on any atom is 0.135 e. The minimum Gasteiger partial charge on any atom is -0.329 e. The second-order valence-electron chi connectivity index (χ2n) is 4.59. The van der Waals surface area contributed by atoms with Crippen molar-refractivity contribution >= 4 is 22.9 Å². The molecule has 0 aliphatic carbocycles. The van der Waals surface area contributed by atoms with Crippen LogP contribution in [-0.4, -0.2) is 11.6 Å². The van der Waals surface area contributed by atoms with E-state index in [1.54, 1.807) is 0 Å². The van der Waals surface area contributed by atoms with Gasteiger partial charge in [0, 0.05) is 30.0 Å². The first-order valence-corrected chi connectivity index (χ1v) is 6.46. The second kappa shape index (κ2) is 5.27. The Morgan fingerprint density at radius 1 is 1.32 bits per heavy atom. The molecule has 0 saturated heterocycles. The molecule has 1 aromatic heterocycles. The maximum absolute atomic E-state index is 4.47. The molecular weight excluding hydrogens is 232 g/mol. The summed E-state index contributed by atoms with van der Waals surface area (Å²) >= 11 is 0. The Hall–Kier alpha value is -2.09. The van der Waals surface area contributed by atoms with Crippen molar-refractivity contribution in [2.75, 3.05) is 7.05 Å². The predicted octanol–water partition coefficient (Wildman–Crippen LogP) is 1.78. The zero-order chi connectivity index (χ0) is 14.0. The molecule has 0 amide bonds. The van der Waals surface area contributed by atoms with Crippen LogP contribution < -0.4 is 16.1 Å². The highest BCUT2D eigenvalue weighted by molar-refractivity contribution is 5.85. The van der Waals surface area contributed by atoms with Crippen LogP contribution in [0.4, 0.5) is 0 Å². The van der Waals surface area contributed by atoms with Gasteiger partial charge in [0.25, 0.3) is 0 Å². The van der Waals surface area contributed by atoms with Crippen molar-refractivity contribution < 1.29 is 0 Å². The molecule has 0 N–H and O–H groups in total. The molecule has 2 heteroatoms. The molecule has 98 valence electrons. The molecule has 2 nitrogen and oxygen atoms in total. The lowest BCUT2D eigenvalue weighted by Crippen LogP contribution is -2.42. The summed E-state index contributed by atoms with van der Waals surface area (Å²) in [7, 11) is 3.89. The van der Waals surface area contributed by atoms with Gasteiger partial charge in [-0.25, -0.2) is 0 Å². The van der Waals surface area contributed by atoms with Gasteiger partial charge in [0.1, 0.15) is 5.49 Å². The summed E-state index contributed by atoms with van der Waals surface area (Å²) in [6, 6.07) is 6.39. The number of aryl methyl sites for hydroxylation is 1. The van der Waals surface area contributed by atoms with Gasteiger partial charge in [-0.2, -0.15) is 0 Å². The van der Waals surface area contributed by atoms with Crippen molar-refractivity contribution in [3.05, 3.63) is 52.5 Å². The first-order valence-electron chi connectivity index (χ1n) is 6.46. The molecule has 1 heterocycles. The van der Waals surface area contributed by atoms with Gasteiger partial charge in [-0.3, -0.25) is 4.99 Å². The van der Waals surface area contributed by atoms with Gasteiger partial charge in [-0.05, 0) is 30.9 Å². The number of hydrogen-bond donors (Lipinski definition) is 0. The van der Waals surface area contributed by atoms with Gasteiger partial charge < -0.3 is 4.57 Å². The zero-order valence-electron chi connectivity index (χ0n) is 12.1. The highest BCUT2D eigenvalue weighted by Crippen LogP contribution is 2.09. The lowest BCUT2D eigenvalue weighted by atomic mass is 10.0. The van der Waals surface area contributed by atoms with Gasteiger partial charge >= 0.3 is 0 Å². The quantitative estimate of drug-likeness (QED) is 0.736. The van der Waals surface area contributed by atoms with E-state index in [-0.39, 0.29) is 0 Å². The van der Waals surface area contributed by atoms with Gasteiger partial charge in [-0.15, -0.1) is 0 Å². The summed E-state index contributed by atoms with van der Waals surface area (Å²) in [4.78, 5) is 4.47. The third-order valence-corrected chi connectivity index (χ3v) is 3.52. The molecule has 2 rings (SSSR count). The summed E-state index contributed by atoms with van der Waals surface area (Å²) in [6.45, 7) is 8.01. The first kappa shape index (κ1) is 13.3. The van der Waals surface area contributed by atoms with Crippen LogP contribution in [0.15, 0.2) is 35.8 Å².